The van der Waals surface area contributed by atoms with Crippen molar-refractivity contribution in [2.24, 2.45) is 0 Å². The van der Waals surface area contributed by atoms with Gasteiger partial charge in [-0.15, -0.1) is 0 Å². The van der Waals surface area contributed by atoms with E-state index in [1.54, 1.807) is 0 Å². The van der Waals surface area contributed by atoms with E-state index in [1.807, 2.05) is 54.0 Å². The minimum absolute atomic E-state index is 0.0528. The van der Waals surface area contributed by atoms with Gasteiger partial charge in [-0.05, 0) is 36.5 Å². The molecule has 0 aromatic heterocycles. The van der Waals surface area contributed by atoms with Gasteiger partial charge >= 0.3 is 0 Å². The summed E-state index contributed by atoms with van der Waals surface area (Å²) < 4.78 is 0. The molecule has 0 unspecified atom stereocenters. The maximum absolute atomic E-state index is 11.9. The average molecular weight is 294 g/mol. The monoisotopic (exact) mass is 294 g/mol. The Labute approximate surface area is 124 Å². The molecular formula is C15H22N2O2S. The topological polar surface area (TPSA) is 52.6 Å². The number of nitrogens with zero attached hydrogens (tertiary/aromatic N) is 1. The van der Waals surface area contributed by atoms with Crippen molar-refractivity contribution in [3.63, 3.8) is 0 Å². The van der Waals surface area contributed by atoms with Gasteiger partial charge < -0.3 is 15.3 Å². The number of carbonyl (C=O) groups excluding carboxylic acids is 1. The van der Waals surface area contributed by atoms with Crippen molar-refractivity contribution < 1.29 is 9.90 Å². The van der Waals surface area contributed by atoms with Gasteiger partial charge in [-0.25, -0.2) is 0 Å². The van der Waals surface area contributed by atoms with Gasteiger partial charge in [0.25, 0.3) is 0 Å². The molecule has 0 bridgehead atoms. The molecule has 0 atom stereocenters. The van der Waals surface area contributed by atoms with E-state index in [4.69, 9.17) is 0 Å². The molecule has 5 heteroatoms. The molecule has 1 aromatic rings. The lowest BCUT2D eigenvalue weighted by Gasteiger charge is -2.32. The molecule has 1 heterocycles. The lowest BCUT2D eigenvalue weighted by Crippen LogP contribution is -2.47. The number of amides is 1. The Kier molecular flexibility index (Phi) is 5.31. The molecule has 2 rings (SSSR count). The van der Waals surface area contributed by atoms with E-state index in [1.165, 1.54) is 0 Å². The quantitative estimate of drug-likeness (QED) is 0.864. The molecule has 2 N–H and O–H groups in total. The molecule has 1 aliphatic heterocycles. The number of thioether (sulfide) groups is 1. The Morgan fingerprint density at radius 1 is 1.35 bits per heavy atom. The van der Waals surface area contributed by atoms with Gasteiger partial charge in [-0.3, -0.25) is 4.79 Å². The SMILES string of the molecule is CN(CC(=O)NCC1(O)CCSCC1)c1ccccc1. The molecule has 4 nitrogen and oxygen atoms in total. The van der Waals surface area contributed by atoms with E-state index in [0.29, 0.717) is 13.1 Å². The van der Waals surface area contributed by atoms with E-state index in [2.05, 4.69) is 5.32 Å². The predicted octanol–water partition coefficient (Wildman–Crippen LogP) is 1.50. The van der Waals surface area contributed by atoms with E-state index in [0.717, 1.165) is 30.0 Å². The summed E-state index contributed by atoms with van der Waals surface area (Å²) in [6.45, 7) is 0.657. The molecule has 0 spiro atoms. The van der Waals surface area contributed by atoms with Crippen LogP contribution < -0.4 is 10.2 Å². The summed E-state index contributed by atoms with van der Waals surface area (Å²) >= 11 is 1.86. The predicted molar refractivity (Wildman–Crippen MR) is 84.2 cm³/mol. The van der Waals surface area contributed by atoms with Crippen molar-refractivity contribution in [2.75, 3.05) is 36.5 Å². The van der Waals surface area contributed by atoms with Crippen molar-refractivity contribution >= 4 is 23.4 Å². The molecular weight excluding hydrogens is 272 g/mol. The van der Waals surface area contributed by atoms with Gasteiger partial charge in [0.05, 0.1) is 12.1 Å². The molecule has 1 aromatic carbocycles. The Morgan fingerprint density at radius 2 is 2.00 bits per heavy atom. The van der Waals surface area contributed by atoms with Crippen LogP contribution in [-0.4, -0.2) is 48.3 Å². The number of aliphatic hydroxyl groups is 1. The maximum Gasteiger partial charge on any atom is 0.239 e. The molecule has 0 aliphatic carbocycles. The van der Waals surface area contributed by atoms with Crippen LogP contribution in [0.15, 0.2) is 30.3 Å². The summed E-state index contributed by atoms with van der Waals surface area (Å²) in [7, 11) is 1.89. The smallest absolute Gasteiger partial charge is 0.239 e. The third kappa shape index (κ3) is 4.42. The average Bonchev–Trinajstić information content (AvgIpc) is 2.47. The number of likely N-dealkylation sites (N-methyl/N-ethyl adjacent to an activating group) is 1. The zero-order valence-electron chi connectivity index (χ0n) is 11.8. The first-order chi connectivity index (χ1) is 9.59. The molecule has 1 aliphatic rings. The van der Waals surface area contributed by atoms with Crippen LogP contribution in [0.2, 0.25) is 0 Å². The number of hydrogen-bond acceptors (Lipinski definition) is 4. The highest BCUT2D eigenvalue weighted by atomic mass is 32.2. The van der Waals surface area contributed by atoms with E-state index in [9.17, 15) is 9.90 Å². The first-order valence-corrected chi connectivity index (χ1v) is 8.08. The third-order valence-electron chi connectivity index (χ3n) is 3.62. The van der Waals surface area contributed by atoms with Crippen molar-refractivity contribution in [1.29, 1.82) is 0 Å². The standard InChI is InChI=1S/C15H22N2O2S/c1-17(13-5-3-2-4-6-13)11-14(18)16-12-15(19)7-9-20-10-8-15/h2-6,19H,7-12H2,1H3,(H,16,18). The highest BCUT2D eigenvalue weighted by Crippen LogP contribution is 2.26. The molecule has 20 heavy (non-hydrogen) atoms. The second-order valence-corrected chi connectivity index (χ2v) is 6.53. The van der Waals surface area contributed by atoms with E-state index >= 15 is 0 Å². The van der Waals surface area contributed by atoms with Crippen molar-refractivity contribution in [2.45, 2.75) is 18.4 Å². The van der Waals surface area contributed by atoms with Gasteiger partial charge in [-0.1, -0.05) is 18.2 Å². The first kappa shape index (κ1) is 15.2. The number of para-hydroxylation sites is 1. The highest BCUT2D eigenvalue weighted by Gasteiger charge is 2.29. The number of anilines is 1. The molecule has 1 fully saturated rings. The summed E-state index contributed by atoms with van der Waals surface area (Å²) in [4.78, 5) is 13.8. The summed E-state index contributed by atoms with van der Waals surface area (Å²) in [6, 6.07) is 9.80. The van der Waals surface area contributed by atoms with Gasteiger partial charge in [0.1, 0.15) is 0 Å². The van der Waals surface area contributed by atoms with Crippen molar-refractivity contribution in [3.05, 3.63) is 30.3 Å². The molecule has 110 valence electrons. The van der Waals surface area contributed by atoms with E-state index in [-0.39, 0.29) is 5.91 Å². The lowest BCUT2D eigenvalue weighted by atomic mass is 9.97. The molecule has 0 radical (unpaired) electrons. The van der Waals surface area contributed by atoms with Crippen molar-refractivity contribution in [3.8, 4) is 0 Å². The molecule has 0 saturated carbocycles. The van der Waals surface area contributed by atoms with Crippen LogP contribution in [0.5, 0.6) is 0 Å². The lowest BCUT2D eigenvalue weighted by molar-refractivity contribution is -0.121. The number of carbonyl (C=O) groups is 1. The van der Waals surface area contributed by atoms with E-state index < -0.39 is 5.60 Å². The first-order valence-electron chi connectivity index (χ1n) is 6.92. The maximum atomic E-state index is 11.9. The summed E-state index contributed by atoms with van der Waals surface area (Å²) in [6.07, 6.45) is 1.51. The van der Waals surface area contributed by atoms with Gasteiger partial charge in [0, 0.05) is 19.3 Å². The van der Waals surface area contributed by atoms with Gasteiger partial charge in [0.2, 0.25) is 5.91 Å². The van der Waals surface area contributed by atoms with Crippen LogP contribution in [0.25, 0.3) is 0 Å². The third-order valence-corrected chi connectivity index (χ3v) is 4.60. The number of rotatable bonds is 5. The minimum atomic E-state index is -0.716. The van der Waals surface area contributed by atoms with Gasteiger partial charge in [-0.2, -0.15) is 11.8 Å². The van der Waals surface area contributed by atoms with Crippen LogP contribution in [-0.2, 0) is 4.79 Å². The second kappa shape index (κ2) is 6.99. The van der Waals surface area contributed by atoms with Crippen LogP contribution in [0, 0.1) is 0 Å². The largest absolute Gasteiger partial charge is 0.388 e. The van der Waals surface area contributed by atoms with Crippen LogP contribution in [0.1, 0.15) is 12.8 Å². The molecule has 1 saturated heterocycles. The van der Waals surface area contributed by atoms with Crippen molar-refractivity contribution in [1.82, 2.24) is 5.32 Å². The summed E-state index contributed by atoms with van der Waals surface area (Å²) in [5.74, 6) is 1.88. The fraction of sp³-hybridized carbons (Fsp3) is 0.533. The fourth-order valence-corrected chi connectivity index (χ4v) is 3.49. The summed E-state index contributed by atoms with van der Waals surface area (Å²) in [5, 5.41) is 13.2. The Balaban J connectivity index is 1.78. The highest BCUT2D eigenvalue weighted by molar-refractivity contribution is 7.99. The Morgan fingerprint density at radius 3 is 2.65 bits per heavy atom. The van der Waals surface area contributed by atoms with Gasteiger partial charge in [0.15, 0.2) is 0 Å². The number of benzene rings is 1. The minimum Gasteiger partial charge on any atom is -0.388 e. The van der Waals surface area contributed by atoms with Crippen LogP contribution in [0.3, 0.4) is 0 Å². The summed E-state index contributed by atoms with van der Waals surface area (Å²) in [5.41, 5.74) is 0.294. The Bertz CT molecular complexity index is 433. The fourth-order valence-electron chi connectivity index (χ4n) is 2.24. The number of nitrogens with one attached hydrogen (secondary N) is 1. The zero-order valence-corrected chi connectivity index (χ0v) is 12.7. The van der Waals surface area contributed by atoms with Crippen LogP contribution >= 0.6 is 11.8 Å². The zero-order chi connectivity index (χ0) is 14.4. The van der Waals surface area contributed by atoms with Crippen LogP contribution in [0.4, 0.5) is 5.69 Å². The number of hydrogen-bond donors (Lipinski definition) is 2. The second-order valence-electron chi connectivity index (χ2n) is 5.31. The normalized spacial score (nSPS) is 17.5. The Hall–Kier alpha value is -1.20. The molecule has 1 amide bonds.